The second kappa shape index (κ2) is 5.51. The van der Waals surface area contributed by atoms with Crippen molar-refractivity contribution >= 4 is 5.82 Å². The number of halogens is 3. The lowest BCUT2D eigenvalue weighted by molar-refractivity contribution is -0.141. The third-order valence-corrected chi connectivity index (χ3v) is 3.07. The summed E-state index contributed by atoms with van der Waals surface area (Å²) in [5.41, 5.74) is -1.11. The highest BCUT2D eigenvalue weighted by Crippen LogP contribution is 2.27. The average molecular weight is 292 g/mol. The van der Waals surface area contributed by atoms with Gasteiger partial charge in [-0.25, -0.2) is 4.98 Å². The van der Waals surface area contributed by atoms with E-state index in [1.165, 1.54) is 0 Å². The number of nitrogens with one attached hydrogen (secondary N) is 1. The van der Waals surface area contributed by atoms with Gasteiger partial charge in [-0.3, -0.25) is 4.98 Å². The standard InChI is InChI=1S/C11H15F3N4O2/c1-18-4-6(10(20)7(19)5-18)16-9-3-15-2-8(17-9)11(12,13)14/h2-3,6-7,10,19-20H,4-5H2,1H3,(H,16,17)/t6-,7-,10+/m0/s1. The molecular formula is C11H15F3N4O2. The van der Waals surface area contributed by atoms with E-state index in [-0.39, 0.29) is 5.82 Å². The maximum atomic E-state index is 12.5. The van der Waals surface area contributed by atoms with E-state index < -0.39 is 30.1 Å². The van der Waals surface area contributed by atoms with Gasteiger partial charge in [0.05, 0.1) is 24.5 Å². The van der Waals surface area contributed by atoms with Crippen molar-refractivity contribution in [2.75, 3.05) is 25.5 Å². The van der Waals surface area contributed by atoms with Crippen molar-refractivity contribution < 1.29 is 23.4 Å². The van der Waals surface area contributed by atoms with Gasteiger partial charge in [0.15, 0.2) is 5.69 Å². The fourth-order valence-electron chi connectivity index (χ4n) is 2.11. The molecule has 0 aliphatic carbocycles. The summed E-state index contributed by atoms with van der Waals surface area (Å²) in [7, 11) is 1.74. The summed E-state index contributed by atoms with van der Waals surface area (Å²) in [6.07, 6.45) is -4.86. The molecule has 0 amide bonds. The van der Waals surface area contributed by atoms with Crippen molar-refractivity contribution in [3.05, 3.63) is 18.1 Å². The minimum Gasteiger partial charge on any atom is -0.389 e. The Morgan fingerprint density at radius 3 is 2.65 bits per heavy atom. The van der Waals surface area contributed by atoms with Crippen LogP contribution < -0.4 is 5.32 Å². The number of aliphatic hydroxyl groups is 2. The van der Waals surface area contributed by atoms with Crippen LogP contribution in [0.25, 0.3) is 0 Å². The number of piperidine rings is 1. The van der Waals surface area contributed by atoms with Gasteiger partial charge in [-0.2, -0.15) is 13.2 Å². The first-order valence-electron chi connectivity index (χ1n) is 5.98. The number of anilines is 1. The average Bonchev–Trinajstić information content (AvgIpc) is 2.35. The Kier molecular flexibility index (Phi) is 4.11. The zero-order valence-electron chi connectivity index (χ0n) is 10.7. The second-order valence-corrected chi connectivity index (χ2v) is 4.82. The summed E-state index contributed by atoms with van der Waals surface area (Å²) < 4.78 is 37.6. The van der Waals surface area contributed by atoms with E-state index in [0.29, 0.717) is 19.3 Å². The Labute approximate surface area is 113 Å². The molecule has 1 fully saturated rings. The van der Waals surface area contributed by atoms with Crippen LogP contribution >= 0.6 is 0 Å². The smallest absolute Gasteiger partial charge is 0.389 e. The van der Waals surface area contributed by atoms with Crippen LogP contribution in [0.15, 0.2) is 12.4 Å². The molecule has 1 aliphatic rings. The third kappa shape index (κ3) is 3.35. The molecule has 0 saturated carbocycles. The molecule has 6 nitrogen and oxygen atoms in total. The molecule has 9 heteroatoms. The van der Waals surface area contributed by atoms with Gasteiger partial charge in [0.25, 0.3) is 0 Å². The predicted molar refractivity (Wildman–Crippen MR) is 64.0 cm³/mol. The number of hydrogen-bond acceptors (Lipinski definition) is 6. The van der Waals surface area contributed by atoms with E-state index in [0.717, 1.165) is 6.20 Å². The van der Waals surface area contributed by atoms with Gasteiger partial charge < -0.3 is 20.4 Å². The van der Waals surface area contributed by atoms with E-state index in [1.54, 1.807) is 11.9 Å². The number of likely N-dealkylation sites (tertiary alicyclic amines) is 1. The Morgan fingerprint density at radius 2 is 2.00 bits per heavy atom. The number of likely N-dealkylation sites (N-methyl/N-ethyl adjacent to an activating group) is 1. The molecule has 1 aliphatic heterocycles. The van der Waals surface area contributed by atoms with Crippen LogP contribution in [-0.2, 0) is 6.18 Å². The Morgan fingerprint density at radius 1 is 1.30 bits per heavy atom. The van der Waals surface area contributed by atoms with Crippen molar-refractivity contribution in [2.45, 2.75) is 24.4 Å². The highest BCUT2D eigenvalue weighted by Gasteiger charge is 2.35. The van der Waals surface area contributed by atoms with Gasteiger partial charge in [0, 0.05) is 13.1 Å². The van der Waals surface area contributed by atoms with Crippen LogP contribution in [0.4, 0.5) is 19.0 Å². The molecule has 1 aromatic heterocycles. The van der Waals surface area contributed by atoms with Crippen LogP contribution in [0.2, 0.25) is 0 Å². The molecule has 20 heavy (non-hydrogen) atoms. The molecule has 112 valence electrons. The van der Waals surface area contributed by atoms with E-state index in [9.17, 15) is 23.4 Å². The van der Waals surface area contributed by atoms with Gasteiger partial charge in [0.1, 0.15) is 11.9 Å². The molecule has 1 saturated heterocycles. The number of rotatable bonds is 2. The number of nitrogens with zero attached hydrogens (tertiary/aromatic N) is 3. The quantitative estimate of drug-likeness (QED) is 0.709. The summed E-state index contributed by atoms with van der Waals surface area (Å²) in [4.78, 5) is 8.65. The minimum absolute atomic E-state index is 0.0913. The van der Waals surface area contributed by atoms with Gasteiger partial charge in [-0.05, 0) is 7.05 Å². The van der Waals surface area contributed by atoms with Crippen molar-refractivity contribution in [1.29, 1.82) is 0 Å². The molecule has 3 N–H and O–H groups in total. The highest BCUT2D eigenvalue weighted by molar-refractivity contribution is 5.34. The number of alkyl halides is 3. The Balaban J connectivity index is 2.13. The predicted octanol–water partition coefficient (Wildman–Crippen LogP) is -0.0569. The molecular weight excluding hydrogens is 277 g/mol. The monoisotopic (exact) mass is 292 g/mol. The molecule has 0 spiro atoms. The van der Waals surface area contributed by atoms with Crippen molar-refractivity contribution in [3.63, 3.8) is 0 Å². The first-order chi connectivity index (χ1) is 9.27. The number of aromatic nitrogens is 2. The number of aliphatic hydroxyl groups excluding tert-OH is 2. The van der Waals surface area contributed by atoms with Gasteiger partial charge in [-0.15, -0.1) is 0 Å². The SMILES string of the molecule is CN1C[C@H](Nc2cncc(C(F)(F)F)n2)[C@@H](O)[C@@H](O)C1. The zero-order chi connectivity index (χ0) is 14.9. The number of hydrogen-bond donors (Lipinski definition) is 3. The lowest BCUT2D eigenvalue weighted by Crippen LogP contribution is -2.57. The van der Waals surface area contributed by atoms with Crippen LogP contribution in [0.3, 0.4) is 0 Å². The van der Waals surface area contributed by atoms with Gasteiger partial charge in [-0.1, -0.05) is 0 Å². The largest absolute Gasteiger partial charge is 0.434 e. The summed E-state index contributed by atoms with van der Waals surface area (Å²) in [5.74, 6) is -0.0913. The maximum absolute atomic E-state index is 12.5. The fourth-order valence-corrected chi connectivity index (χ4v) is 2.11. The summed E-state index contributed by atoms with van der Waals surface area (Å²) >= 11 is 0. The van der Waals surface area contributed by atoms with Crippen molar-refractivity contribution in [3.8, 4) is 0 Å². The van der Waals surface area contributed by atoms with E-state index in [4.69, 9.17) is 0 Å². The minimum atomic E-state index is -4.58. The highest BCUT2D eigenvalue weighted by atomic mass is 19.4. The van der Waals surface area contributed by atoms with Gasteiger partial charge >= 0.3 is 6.18 Å². The van der Waals surface area contributed by atoms with Crippen molar-refractivity contribution in [2.24, 2.45) is 0 Å². The zero-order valence-corrected chi connectivity index (χ0v) is 10.7. The lowest BCUT2D eigenvalue weighted by atomic mass is 10.00. The molecule has 2 rings (SSSR count). The Hall–Kier alpha value is -1.45. The van der Waals surface area contributed by atoms with Crippen LogP contribution in [-0.4, -0.2) is 63.5 Å². The van der Waals surface area contributed by atoms with Crippen LogP contribution in [0, 0.1) is 0 Å². The third-order valence-electron chi connectivity index (χ3n) is 3.07. The molecule has 0 aromatic carbocycles. The van der Waals surface area contributed by atoms with Crippen molar-refractivity contribution in [1.82, 2.24) is 14.9 Å². The number of β-amino-alcohol motifs (C(OH)–C–C–N with tert-alkyl or cyclic N) is 1. The fraction of sp³-hybridized carbons (Fsp3) is 0.636. The first-order valence-corrected chi connectivity index (χ1v) is 5.98. The normalized spacial score (nSPS) is 28.4. The topological polar surface area (TPSA) is 81.5 Å². The summed E-state index contributed by atoms with van der Waals surface area (Å²) in [6, 6.07) is -0.624. The molecule has 0 bridgehead atoms. The van der Waals surface area contributed by atoms with Crippen LogP contribution in [0.1, 0.15) is 5.69 Å². The molecule has 0 unspecified atom stereocenters. The van der Waals surface area contributed by atoms with Crippen LogP contribution in [0.5, 0.6) is 0 Å². The molecule has 1 aromatic rings. The summed E-state index contributed by atoms with van der Waals surface area (Å²) in [5, 5.41) is 22.1. The maximum Gasteiger partial charge on any atom is 0.434 e. The molecule has 2 heterocycles. The second-order valence-electron chi connectivity index (χ2n) is 4.82. The lowest BCUT2D eigenvalue weighted by Gasteiger charge is -2.37. The summed E-state index contributed by atoms with van der Waals surface area (Å²) in [6.45, 7) is 0.670. The molecule has 3 atom stereocenters. The van der Waals surface area contributed by atoms with E-state index in [2.05, 4.69) is 15.3 Å². The molecule has 0 radical (unpaired) electrons. The Bertz CT molecular complexity index is 471. The van der Waals surface area contributed by atoms with Gasteiger partial charge in [0.2, 0.25) is 0 Å². The van der Waals surface area contributed by atoms with E-state index >= 15 is 0 Å². The van der Waals surface area contributed by atoms with E-state index in [1.807, 2.05) is 0 Å². The first kappa shape index (κ1) is 14.9.